The van der Waals surface area contributed by atoms with Crippen molar-refractivity contribution in [3.05, 3.63) is 59.7 Å². The van der Waals surface area contributed by atoms with Gasteiger partial charge in [-0.15, -0.1) is 0 Å². The minimum Gasteiger partial charge on any atom is -0.460 e. The Morgan fingerprint density at radius 3 is 2.12 bits per heavy atom. The fourth-order valence-corrected chi connectivity index (χ4v) is 3.91. The number of ether oxygens (including phenoxy) is 2. The molecular weight excluding hydrogens is 424 g/mol. The molecule has 1 atom stereocenters. The number of aliphatic hydroxyl groups excluding tert-OH is 1. The van der Waals surface area contributed by atoms with Crippen LogP contribution in [0.15, 0.2) is 48.5 Å². The van der Waals surface area contributed by atoms with E-state index in [1.54, 1.807) is 20.8 Å². The van der Waals surface area contributed by atoms with Gasteiger partial charge in [-0.05, 0) is 49.4 Å². The van der Waals surface area contributed by atoms with E-state index in [1.165, 1.54) is 0 Å². The van der Waals surface area contributed by atoms with Crippen LogP contribution in [0.2, 0.25) is 0 Å². The number of fused-ring (bicyclic) bond motifs is 3. The monoisotopic (exact) mass is 454 g/mol. The van der Waals surface area contributed by atoms with Crippen LogP contribution in [-0.2, 0) is 19.1 Å². The highest BCUT2D eigenvalue weighted by atomic mass is 16.6. The normalized spacial score (nSPS) is 13.5. The van der Waals surface area contributed by atoms with E-state index in [0.717, 1.165) is 22.3 Å². The number of carbonyl (C=O) groups is 3. The molecule has 0 aromatic heterocycles. The zero-order valence-electron chi connectivity index (χ0n) is 19.1. The van der Waals surface area contributed by atoms with Gasteiger partial charge in [-0.25, -0.2) is 4.79 Å². The molecule has 0 bridgehead atoms. The predicted molar refractivity (Wildman–Crippen MR) is 122 cm³/mol. The number of aliphatic hydroxyl groups is 1. The summed E-state index contributed by atoms with van der Waals surface area (Å²) in [5.74, 6) is -1.22. The van der Waals surface area contributed by atoms with Gasteiger partial charge in [0, 0.05) is 12.3 Å². The van der Waals surface area contributed by atoms with Crippen molar-refractivity contribution in [2.75, 3.05) is 13.3 Å². The predicted octanol–water partition coefficient (Wildman–Crippen LogP) is 3.08. The third-order valence-electron chi connectivity index (χ3n) is 5.26. The summed E-state index contributed by atoms with van der Waals surface area (Å²) in [4.78, 5) is 36.8. The van der Waals surface area contributed by atoms with Gasteiger partial charge in [0.1, 0.15) is 25.0 Å². The Balaban J connectivity index is 1.62. The second kappa shape index (κ2) is 10.5. The standard InChI is InChI=1S/C25H30N2O6/c1-25(2,3)33-22(29)13-12-21(23(30)26-15-28)27-24(31)32-14-20-18-10-6-4-8-16(18)17-9-5-7-11-19(17)20/h4-11,20-21,28H,12-15H2,1-3H3,(H,26,30)(H,27,31). The maximum atomic E-state index is 12.5. The van der Waals surface area contributed by atoms with Gasteiger partial charge in [0.25, 0.3) is 0 Å². The zero-order valence-corrected chi connectivity index (χ0v) is 19.1. The fourth-order valence-electron chi connectivity index (χ4n) is 3.91. The number of alkyl carbamates (subject to hydrolysis) is 1. The number of benzene rings is 2. The van der Waals surface area contributed by atoms with Crippen LogP contribution >= 0.6 is 0 Å². The van der Waals surface area contributed by atoms with Crippen LogP contribution in [0.3, 0.4) is 0 Å². The maximum Gasteiger partial charge on any atom is 0.407 e. The highest BCUT2D eigenvalue weighted by molar-refractivity contribution is 5.86. The van der Waals surface area contributed by atoms with E-state index in [-0.39, 0.29) is 25.4 Å². The summed E-state index contributed by atoms with van der Waals surface area (Å²) in [7, 11) is 0. The fraction of sp³-hybridized carbons (Fsp3) is 0.400. The molecule has 1 aliphatic carbocycles. The summed E-state index contributed by atoms with van der Waals surface area (Å²) in [5.41, 5.74) is 3.72. The second-order valence-corrected chi connectivity index (χ2v) is 8.85. The molecule has 0 heterocycles. The molecule has 0 saturated heterocycles. The quantitative estimate of drug-likeness (QED) is 0.417. The molecule has 2 aromatic carbocycles. The Morgan fingerprint density at radius 2 is 1.58 bits per heavy atom. The molecule has 8 nitrogen and oxygen atoms in total. The van der Waals surface area contributed by atoms with Crippen LogP contribution in [0.4, 0.5) is 4.79 Å². The van der Waals surface area contributed by atoms with Crippen LogP contribution in [0.25, 0.3) is 11.1 Å². The van der Waals surface area contributed by atoms with Gasteiger partial charge in [0.2, 0.25) is 5.91 Å². The lowest BCUT2D eigenvalue weighted by molar-refractivity contribution is -0.155. The first-order valence-electron chi connectivity index (χ1n) is 10.9. The lowest BCUT2D eigenvalue weighted by Crippen LogP contribution is -2.47. The molecular formula is C25H30N2O6. The summed E-state index contributed by atoms with van der Waals surface area (Å²) in [6, 6.07) is 14.9. The van der Waals surface area contributed by atoms with E-state index in [9.17, 15) is 14.4 Å². The van der Waals surface area contributed by atoms with Gasteiger partial charge in [-0.1, -0.05) is 48.5 Å². The second-order valence-electron chi connectivity index (χ2n) is 8.85. The summed E-state index contributed by atoms with van der Waals surface area (Å²) >= 11 is 0. The molecule has 33 heavy (non-hydrogen) atoms. The SMILES string of the molecule is CC(C)(C)OC(=O)CCC(NC(=O)OCC1c2ccccc2-c2ccccc21)C(=O)NCO. The van der Waals surface area contributed by atoms with Gasteiger partial charge >= 0.3 is 12.1 Å². The molecule has 3 N–H and O–H groups in total. The highest BCUT2D eigenvalue weighted by Gasteiger charge is 2.30. The Labute approximate surface area is 193 Å². The van der Waals surface area contributed by atoms with Crippen molar-refractivity contribution in [1.29, 1.82) is 0 Å². The molecule has 3 rings (SSSR count). The van der Waals surface area contributed by atoms with Crippen molar-refractivity contribution < 1.29 is 29.0 Å². The van der Waals surface area contributed by atoms with E-state index in [1.807, 2.05) is 48.5 Å². The van der Waals surface area contributed by atoms with Gasteiger partial charge in [-0.3, -0.25) is 9.59 Å². The maximum absolute atomic E-state index is 12.5. The van der Waals surface area contributed by atoms with Crippen molar-refractivity contribution in [2.45, 2.75) is 51.2 Å². The molecule has 1 unspecified atom stereocenters. The van der Waals surface area contributed by atoms with Crippen molar-refractivity contribution >= 4 is 18.0 Å². The number of rotatable bonds is 8. The average molecular weight is 455 g/mol. The Bertz CT molecular complexity index is 968. The Hall–Kier alpha value is -3.39. The van der Waals surface area contributed by atoms with E-state index in [0.29, 0.717) is 0 Å². The lowest BCUT2D eigenvalue weighted by Gasteiger charge is -2.21. The third-order valence-corrected chi connectivity index (χ3v) is 5.26. The molecule has 0 saturated carbocycles. The van der Waals surface area contributed by atoms with Crippen LogP contribution < -0.4 is 10.6 Å². The Kier molecular flexibility index (Phi) is 7.71. The minimum absolute atomic E-state index is 0.00490. The van der Waals surface area contributed by atoms with Crippen LogP contribution in [0.1, 0.15) is 50.7 Å². The lowest BCUT2D eigenvalue weighted by atomic mass is 9.98. The zero-order chi connectivity index (χ0) is 24.0. The van der Waals surface area contributed by atoms with E-state index in [2.05, 4.69) is 10.6 Å². The first-order chi connectivity index (χ1) is 15.7. The highest BCUT2D eigenvalue weighted by Crippen LogP contribution is 2.44. The molecule has 0 fully saturated rings. The van der Waals surface area contributed by atoms with Crippen molar-refractivity contribution in [3.8, 4) is 11.1 Å². The largest absolute Gasteiger partial charge is 0.460 e. The number of esters is 1. The van der Waals surface area contributed by atoms with Crippen LogP contribution in [0.5, 0.6) is 0 Å². The van der Waals surface area contributed by atoms with Crippen molar-refractivity contribution in [2.24, 2.45) is 0 Å². The summed E-state index contributed by atoms with van der Waals surface area (Å²) in [5, 5.41) is 13.8. The van der Waals surface area contributed by atoms with Crippen molar-refractivity contribution in [1.82, 2.24) is 10.6 Å². The minimum atomic E-state index is -1.06. The van der Waals surface area contributed by atoms with Crippen molar-refractivity contribution in [3.63, 3.8) is 0 Å². The number of hydrogen-bond donors (Lipinski definition) is 3. The molecule has 8 heteroatoms. The van der Waals surface area contributed by atoms with Crippen LogP contribution in [0, 0.1) is 0 Å². The first-order valence-corrected chi connectivity index (χ1v) is 10.9. The molecule has 1 aliphatic rings. The van der Waals surface area contributed by atoms with E-state index < -0.39 is 36.3 Å². The smallest absolute Gasteiger partial charge is 0.407 e. The molecule has 0 aliphatic heterocycles. The van der Waals surface area contributed by atoms with Gasteiger partial charge in [0.15, 0.2) is 0 Å². The topological polar surface area (TPSA) is 114 Å². The summed E-state index contributed by atoms with van der Waals surface area (Å²) < 4.78 is 10.7. The summed E-state index contributed by atoms with van der Waals surface area (Å²) in [6.07, 6.45) is -0.853. The molecule has 2 aromatic rings. The number of amides is 2. The Morgan fingerprint density at radius 1 is 1.00 bits per heavy atom. The van der Waals surface area contributed by atoms with Crippen LogP contribution in [-0.4, -0.2) is 48.1 Å². The molecule has 2 amide bonds. The van der Waals surface area contributed by atoms with Gasteiger partial charge < -0.3 is 25.2 Å². The number of hydrogen-bond acceptors (Lipinski definition) is 6. The van der Waals surface area contributed by atoms with E-state index in [4.69, 9.17) is 14.6 Å². The molecule has 176 valence electrons. The van der Waals surface area contributed by atoms with Gasteiger partial charge in [0.05, 0.1) is 0 Å². The number of carbonyl (C=O) groups excluding carboxylic acids is 3. The van der Waals surface area contributed by atoms with Gasteiger partial charge in [-0.2, -0.15) is 0 Å². The first kappa shape index (κ1) is 24.3. The average Bonchev–Trinajstić information content (AvgIpc) is 3.08. The van der Waals surface area contributed by atoms with E-state index >= 15 is 0 Å². The molecule has 0 spiro atoms. The number of nitrogens with one attached hydrogen (secondary N) is 2. The molecule has 0 radical (unpaired) electrons. The summed E-state index contributed by atoms with van der Waals surface area (Å²) in [6.45, 7) is 4.75. The third kappa shape index (κ3) is 6.32.